The van der Waals surface area contributed by atoms with E-state index in [9.17, 15) is 13.2 Å². The van der Waals surface area contributed by atoms with E-state index in [0.717, 1.165) is 31.9 Å². The largest absolute Gasteiger partial charge is 0.376 e. The van der Waals surface area contributed by atoms with Crippen molar-refractivity contribution in [1.29, 1.82) is 0 Å². The van der Waals surface area contributed by atoms with E-state index < -0.39 is 10.0 Å². The van der Waals surface area contributed by atoms with Gasteiger partial charge in [0.2, 0.25) is 15.9 Å². The van der Waals surface area contributed by atoms with Crippen LogP contribution in [0.1, 0.15) is 44.1 Å². The minimum Gasteiger partial charge on any atom is -0.376 e. The summed E-state index contributed by atoms with van der Waals surface area (Å²) in [5, 5.41) is 0. The van der Waals surface area contributed by atoms with E-state index in [4.69, 9.17) is 4.74 Å². The SMILES string of the molecule is CC(=O)N1CCC[C@H](NS(C)(=O)=O)[C@@H]1CO[C@H]1C[C@@H](c2ccccc2)C1. The molecule has 1 N–H and O–H groups in total. The van der Waals surface area contributed by atoms with Crippen molar-refractivity contribution >= 4 is 15.9 Å². The molecule has 1 heterocycles. The van der Waals surface area contributed by atoms with Crippen LogP contribution < -0.4 is 4.72 Å². The van der Waals surface area contributed by atoms with Crippen LogP contribution in [0.25, 0.3) is 0 Å². The van der Waals surface area contributed by atoms with Crippen molar-refractivity contribution in [2.24, 2.45) is 0 Å². The number of hydrogen-bond donors (Lipinski definition) is 1. The lowest BCUT2D eigenvalue weighted by Gasteiger charge is -2.43. The highest BCUT2D eigenvalue weighted by atomic mass is 32.2. The molecule has 1 aromatic carbocycles. The summed E-state index contributed by atoms with van der Waals surface area (Å²) in [6, 6.07) is 9.89. The van der Waals surface area contributed by atoms with Crippen molar-refractivity contribution in [3.63, 3.8) is 0 Å². The van der Waals surface area contributed by atoms with Crippen molar-refractivity contribution in [2.45, 2.75) is 56.7 Å². The molecule has 1 aromatic rings. The number of amides is 1. The zero-order valence-electron chi connectivity index (χ0n) is 15.4. The molecular formula is C19H28N2O4S. The van der Waals surface area contributed by atoms with E-state index in [0.29, 0.717) is 19.1 Å². The Hall–Kier alpha value is -1.44. The maximum absolute atomic E-state index is 12.0. The number of nitrogens with one attached hydrogen (secondary N) is 1. The molecular weight excluding hydrogens is 352 g/mol. The van der Waals surface area contributed by atoms with Gasteiger partial charge in [0, 0.05) is 19.5 Å². The highest BCUT2D eigenvalue weighted by Gasteiger charge is 2.37. The average Bonchev–Trinajstić information content (AvgIpc) is 2.53. The van der Waals surface area contributed by atoms with E-state index in [1.165, 1.54) is 12.5 Å². The highest BCUT2D eigenvalue weighted by Crippen LogP contribution is 2.38. The molecule has 6 nitrogen and oxygen atoms in total. The Bertz CT molecular complexity index is 716. The molecule has 0 bridgehead atoms. The molecule has 0 radical (unpaired) electrons. The lowest BCUT2D eigenvalue weighted by Crippen LogP contribution is -2.58. The van der Waals surface area contributed by atoms with Gasteiger partial charge in [0.15, 0.2) is 0 Å². The Morgan fingerprint density at radius 1 is 1.27 bits per heavy atom. The fraction of sp³-hybridized carbons (Fsp3) is 0.632. The number of carbonyl (C=O) groups is 1. The number of rotatable bonds is 6. The van der Waals surface area contributed by atoms with Crippen molar-refractivity contribution in [2.75, 3.05) is 19.4 Å². The van der Waals surface area contributed by atoms with E-state index >= 15 is 0 Å². The fourth-order valence-corrected chi connectivity index (χ4v) is 4.83. The predicted molar refractivity (Wildman–Crippen MR) is 100 cm³/mol. The van der Waals surface area contributed by atoms with Gasteiger partial charge in [0.1, 0.15) is 0 Å². The van der Waals surface area contributed by atoms with Crippen molar-refractivity contribution in [3.8, 4) is 0 Å². The molecule has 144 valence electrons. The molecule has 0 spiro atoms. The molecule has 1 saturated carbocycles. The Morgan fingerprint density at radius 2 is 1.96 bits per heavy atom. The molecule has 1 amide bonds. The number of nitrogens with zero attached hydrogens (tertiary/aromatic N) is 1. The minimum atomic E-state index is -3.32. The lowest BCUT2D eigenvalue weighted by molar-refractivity contribution is -0.136. The molecule has 1 saturated heterocycles. The molecule has 1 aliphatic heterocycles. The van der Waals surface area contributed by atoms with Crippen LogP contribution in [0.15, 0.2) is 30.3 Å². The zero-order chi connectivity index (χ0) is 18.7. The summed E-state index contributed by atoms with van der Waals surface area (Å²) in [6.07, 6.45) is 4.80. The molecule has 2 aliphatic rings. The van der Waals surface area contributed by atoms with Gasteiger partial charge >= 0.3 is 0 Å². The quantitative estimate of drug-likeness (QED) is 0.818. The second-order valence-electron chi connectivity index (χ2n) is 7.45. The molecule has 0 unspecified atom stereocenters. The predicted octanol–water partition coefficient (Wildman–Crippen LogP) is 1.88. The summed E-state index contributed by atoms with van der Waals surface area (Å²) < 4.78 is 32.1. The molecule has 2 fully saturated rings. The van der Waals surface area contributed by atoms with Gasteiger partial charge in [0.05, 0.1) is 25.0 Å². The molecule has 26 heavy (non-hydrogen) atoms. The van der Waals surface area contributed by atoms with Crippen molar-refractivity contribution in [1.82, 2.24) is 9.62 Å². The summed E-state index contributed by atoms with van der Waals surface area (Å²) >= 11 is 0. The Kier molecular flexibility index (Phi) is 5.99. The van der Waals surface area contributed by atoms with Gasteiger partial charge in [-0.2, -0.15) is 0 Å². The van der Waals surface area contributed by atoms with Gasteiger partial charge in [-0.1, -0.05) is 30.3 Å². The number of carbonyl (C=O) groups excluding carboxylic acids is 1. The van der Waals surface area contributed by atoms with E-state index in [1.807, 2.05) is 6.07 Å². The van der Waals surface area contributed by atoms with E-state index in [1.54, 1.807) is 4.90 Å². The Labute approximate surface area is 156 Å². The number of hydrogen-bond acceptors (Lipinski definition) is 4. The van der Waals surface area contributed by atoms with E-state index in [-0.39, 0.29) is 24.1 Å². The van der Waals surface area contributed by atoms with Gasteiger partial charge in [-0.15, -0.1) is 0 Å². The van der Waals surface area contributed by atoms with E-state index in [2.05, 4.69) is 29.0 Å². The lowest BCUT2D eigenvalue weighted by atomic mass is 9.77. The minimum absolute atomic E-state index is 0.0330. The topological polar surface area (TPSA) is 75.7 Å². The van der Waals surface area contributed by atoms with Gasteiger partial charge in [-0.3, -0.25) is 4.79 Å². The van der Waals surface area contributed by atoms with Crippen LogP contribution in [-0.2, 0) is 19.6 Å². The van der Waals surface area contributed by atoms with Crippen LogP contribution in [0, 0.1) is 0 Å². The van der Waals surface area contributed by atoms with Gasteiger partial charge in [-0.25, -0.2) is 13.1 Å². The first-order valence-electron chi connectivity index (χ1n) is 9.24. The molecule has 7 heteroatoms. The second-order valence-corrected chi connectivity index (χ2v) is 9.23. The summed E-state index contributed by atoms with van der Waals surface area (Å²) in [7, 11) is -3.32. The van der Waals surface area contributed by atoms with Crippen LogP contribution in [0.4, 0.5) is 0 Å². The monoisotopic (exact) mass is 380 g/mol. The summed E-state index contributed by atoms with van der Waals surface area (Å²) in [6.45, 7) is 2.56. The number of piperidine rings is 1. The van der Waals surface area contributed by atoms with Crippen LogP contribution in [-0.4, -0.2) is 56.8 Å². The van der Waals surface area contributed by atoms with Crippen LogP contribution >= 0.6 is 0 Å². The third-order valence-electron chi connectivity index (χ3n) is 5.42. The van der Waals surface area contributed by atoms with Gasteiger partial charge in [0.25, 0.3) is 0 Å². The first-order valence-corrected chi connectivity index (χ1v) is 11.1. The molecule has 1 aliphatic carbocycles. The summed E-state index contributed by atoms with van der Waals surface area (Å²) in [5.74, 6) is 0.496. The molecule has 3 rings (SSSR count). The normalized spacial score (nSPS) is 29.2. The number of sulfonamides is 1. The van der Waals surface area contributed by atoms with Gasteiger partial charge < -0.3 is 9.64 Å². The van der Waals surface area contributed by atoms with Crippen LogP contribution in [0.3, 0.4) is 0 Å². The third-order valence-corrected chi connectivity index (χ3v) is 6.15. The van der Waals surface area contributed by atoms with Crippen LogP contribution in [0.5, 0.6) is 0 Å². The summed E-state index contributed by atoms with van der Waals surface area (Å²) in [5.41, 5.74) is 1.34. The maximum Gasteiger partial charge on any atom is 0.219 e. The van der Waals surface area contributed by atoms with Crippen LogP contribution in [0.2, 0.25) is 0 Å². The van der Waals surface area contributed by atoms with Crippen molar-refractivity contribution < 1.29 is 17.9 Å². The second kappa shape index (κ2) is 8.06. The number of ether oxygens (including phenoxy) is 1. The maximum atomic E-state index is 12.0. The summed E-state index contributed by atoms with van der Waals surface area (Å²) in [4.78, 5) is 13.7. The number of benzene rings is 1. The van der Waals surface area contributed by atoms with Crippen molar-refractivity contribution in [3.05, 3.63) is 35.9 Å². The Balaban J connectivity index is 1.57. The first-order chi connectivity index (χ1) is 12.3. The number of likely N-dealkylation sites (tertiary alicyclic amines) is 1. The van der Waals surface area contributed by atoms with Gasteiger partial charge in [-0.05, 0) is 37.2 Å². The first kappa shape index (κ1) is 19.3. The third kappa shape index (κ3) is 4.84. The molecule has 0 aromatic heterocycles. The standard InChI is InChI=1S/C19H28N2O4S/c1-14(22)21-10-6-9-18(20-26(2,23)24)19(21)13-25-17-11-16(12-17)15-7-4-3-5-8-15/h3-5,7-8,16-20H,6,9-13H2,1-2H3/t16-,17+,18-,19-/m0/s1. The fourth-order valence-electron chi connectivity index (χ4n) is 4.00. The average molecular weight is 381 g/mol. The molecule has 2 atom stereocenters. The Morgan fingerprint density at radius 3 is 2.58 bits per heavy atom. The smallest absolute Gasteiger partial charge is 0.219 e. The highest BCUT2D eigenvalue weighted by molar-refractivity contribution is 7.88. The zero-order valence-corrected chi connectivity index (χ0v) is 16.2.